The summed E-state index contributed by atoms with van der Waals surface area (Å²) in [6, 6.07) is 28.3. The number of carbonyl (C=O) groups is 2. The second-order valence-electron chi connectivity index (χ2n) is 11.0. The van der Waals surface area contributed by atoms with Crippen LogP contribution in [0.4, 0.5) is 5.69 Å². The summed E-state index contributed by atoms with van der Waals surface area (Å²) >= 11 is 12.5. The van der Waals surface area contributed by atoms with Crippen LogP contribution in [-0.4, -0.2) is 43.8 Å². The normalized spacial score (nSPS) is 12.6. The van der Waals surface area contributed by atoms with Crippen LogP contribution < -0.4 is 9.62 Å². The number of benzene rings is 4. The number of carbonyl (C=O) groups excluding carboxylic acids is 2. The second kappa shape index (κ2) is 15.4. The molecule has 0 aliphatic rings. The van der Waals surface area contributed by atoms with Crippen LogP contribution in [0.15, 0.2) is 108 Å². The van der Waals surface area contributed by atoms with Crippen molar-refractivity contribution in [1.82, 2.24) is 10.2 Å². The fraction of sp³-hybridized carbons (Fsp3) is 0.257. The summed E-state index contributed by atoms with van der Waals surface area (Å²) in [5, 5.41) is 3.43. The number of nitrogens with one attached hydrogen (secondary N) is 1. The lowest BCUT2D eigenvalue weighted by Crippen LogP contribution is -2.54. The molecular weight excluding hydrogens is 629 g/mol. The van der Waals surface area contributed by atoms with Crippen molar-refractivity contribution in [3.63, 3.8) is 0 Å². The molecular formula is C35H37Cl2N3O4S. The van der Waals surface area contributed by atoms with Gasteiger partial charge in [0.15, 0.2) is 0 Å². The minimum atomic E-state index is -4.24. The molecule has 4 rings (SSSR count). The van der Waals surface area contributed by atoms with E-state index in [2.05, 4.69) is 5.32 Å². The zero-order valence-corrected chi connectivity index (χ0v) is 27.8. The van der Waals surface area contributed by atoms with Crippen molar-refractivity contribution in [3.8, 4) is 0 Å². The molecule has 0 fully saturated rings. The molecule has 4 aromatic rings. The van der Waals surface area contributed by atoms with Gasteiger partial charge in [0.2, 0.25) is 11.8 Å². The Bertz CT molecular complexity index is 1720. The molecule has 0 bridgehead atoms. The molecule has 0 aromatic heterocycles. The molecule has 236 valence electrons. The van der Waals surface area contributed by atoms with Gasteiger partial charge in [-0.15, -0.1) is 0 Å². The van der Waals surface area contributed by atoms with Crippen LogP contribution in [-0.2, 0) is 32.6 Å². The van der Waals surface area contributed by atoms with E-state index in [0.717, 1.165) is 21.0 Å². The number of hydrogen-bond donors (Lipinski definition) is 1. The van der Waals surface area contributed by atoms with Crippen LogP contribution in [0, 0.1) is 6.92 Å². The van der Waals surface area contributed by atoms with Gasteiger partial charge in [-0.25, -0.2) is 8.42 Å². The summed E-state index contributed by atoms with van der Waals surface area (Å²) in [6.45, 7) is 5.33. The lowest BCUT2D eigenvalue weighted by molar-refractivity contribution is -0.140. The molecule has 0 aliphatic heterocycles. The largest absolute Gasteiger partial charge is 0.352 e. The summed E-state index contributed by atoms with van der Waals surface area (Å²) in [7, 11) is -4.24. The van der Waals surface area contributed by atoms with Crippen LogP contribution in [0.2, 0.25) is 10.0 Å². The Morgan fingerprint density at radius 2 is 1.47 bits per heavy atom. The van der Waals surface area contributed by atoms with Crippen molar-refractivity contribution < 1.29 is 18.0 Å². The van der Waals surface area contributed by atoms with Crippen LogP contribution in [0.1, 0.15) is 37.0 Å². The van der Waals surface area contributed by atoms with Gasteiger partial charge in [-0.05, 0) is 61.7 Å². The van der Waals surface area contributed by atoms with Gasteiger partial charge in [0.05, 0.1) is 20.6 Å². The van der Waals surface area contributed by atoms with E-state index in [1.54, 1.807) is 18.2 Å². The minimum absolute atomic E-state index is 0.00413. The molecule has 4 aromatic carbocycles. The first-order valence-corrected chi connectivity index (χ1v) is 16.9. The third kappa shape index (κ3) is 8.87. The number of sulfonamides is 1. The molecule has 2 atom stereocenters. The van der Waals surface area contributed by atoms with E-state index < -0.39 is 28.5 Å². The maximum absolute atomic E-state index is 14.5. The van der Waals surface area contributed by atoms with E-state index in [4.69, 9.17) is 23.2 Å². The lowest BCUT2D eigenvalue weighted by Gasteiger charge is -2.34. The highest BCUT2D eigenvalue weighted by Crippen LogP contribution is 2.31. The molecule has 0 radical (unpaired) electrons. The summed E-state index contributed by atoms with van der Waals surface area (Å²) in [6.07, 6.45) is 0.939. The van der Waals surface area contributed by atoms with Crippen molar-refractivity contribution in [2.45, 2.75) is 57.1 Å². The van der Waals surface area contributed by atoms with Crippen LogP contribution in [0.3, 0.4) is 0 Å². The van der Waals surface area contributed by atoms with Gasteiger partial charge in [-0.1, -0.05) is 108 Å². The number of hydrogen-bond acceptors (Lipinski definition) is 4. The van der Waals surface area contributed by atoms with Crippen molar-refractivity contribution in [1.29, 1.82) is 0 Å². The number of halogens is 2. The van der Waals surface area contributed by atoms with Crippen molar-refractivity contribution in [2.75, 3.05) is 10.8 Å². The standard InChI is InChI=1S/C35H37Cl2N3O4S/c1-4-26(3)38-35(42)33(21-27-13-7-5-8-14-27)39(23-28-15-11-12-25(2)20-28)34(41)24-40(29-18-19-31(36)32(37)22-29)45(43,44)30-16-9-6-10-17-30/h5-20,22,26,33H,4,21,23-24H2,1-3H3,(H,38,42)/t26-,33-/m1/s1. The fourth-order valence-corrected chi connectivity index (χ4v) is 6.61. The average Bonchev–Trinajstić information content (AvgIpc) is 3.03. The van der Waals surface area contributed by atoms with E-state index in [1.165, 1.54) is 35.2 Å². The predicted octanol–water partition coefficient (Wildman–Crippen LogP) is 7.05. The topological polar surface area (TPSA) is 86.8 Å². The minimum Gasteiger partial charge on any atom is -0.352 e. The molecule has 0 spiro atoms. The molecule has 10 heteroatoms. The van der Waals surface area contributed by atoms with Gasteiger partial charge in [0, 0.05) is 19.0 Å². The van der Waals surface area contributed by atoms with E-state index >= 15 is 0 Å². The molecule has 45 heavy (non-hydrogen) atoms. The highest BCUT2D eigenvalue weighted by Gasteiger charge is 2.35. The number of aryl methyl sites for hydroxylation is 1. The highest BCUT2D eigenvalue weighted by atomic mass is 35.5. The van der Waals surface area contributed by atoms with E-state index in [0.29, 0.717) is 6.42 Å². The molecule has 1 N–H and O–H groups in total. The zero-order chi connectivity index (χ0) is 32.6. The van der Waals surface area contributed by atoms with Gasteiger partial charge in [-0.2, -0.15) is 0 Å². The van der Waals surface area contributed by atoms with Crippen LogP contribution in [0.25, 0.3) is 0 Å². The first-order chi connectivity index (χ1) is 21.5. The maximum atomic E-state index is 14.5. The fourth-order valence-electron chi connectivity index (χ4n) is 4.89. The summed E-state index contributed by atoms with van der Waals surface area (Å²) < 4.78 is 29.2. The van der Waals surface area contributed by atoms with E-state index in [1.807, 2.05) is 75.4 Å². The Balaban J connectivity index is 1.82. The Kier molecular flexibility index (Phi) is 11.7. The molecule has 2 amide bonds. The smallest absolute Gasteiger partial charge is 0.264 e. The Hall–Kier alpha value is -3.85. The number of anilines is 1. The Labute approximate surface area is 275 Å². The van der Waals surface area contributed by atoms with Gasteiger partial charge < -0.3 is 10.2 Å². The number of amides is 2. The van der Waals surface area contributed by atoms with Gasteiger partial charge >= 0.3 is 0 Å². The van der Waals surface area contributed by atoms with Gasteiger partial charge in [-0.3, -0.25) is 13.9 Å². The first-order valence-electron chi connectivity index (χ1n) is 14.7. The molecule has 0 aliphatic carbocycles. The van der Waals surface area contributed by atoms with Gasteiger partial charge in [0.1, 0.15) is 12.6 Å². The van der Waals surface area contributed by atoms with E-state index in [9.17, 15) is 18.0 Å². The van der Waals surface area contributed by atoms with Crippen LogP contribution in [0.5, 0.6) is 0 Å². The molecule has 7 nitrogen and oxygen atoms in total. The third-order valence-electron chi connectivity index (χ3n) is 7.51. The number of rotatable bonds is 13. The monoisotopic (exact) mass is 665 g/mol. The van der Waals surface area contributed by atoms with Gasteiger partial charge in [0.25, 0.3) is 10.0 Å². The summed E-state index contributed by atoms with van der Waals surface area (Å²) in [4.78, 5) is 29.9. The number of nitrogens with zero attached hydrogens (tertiary/aromatic N) is 2. The second-order valence-corrected chi connectivity index (χ2v) is 13.6. The maximum Gasteiger partial charge on any atom is 0.264 e. The Morgan fingerprint density at radius 1 is 0.822 bits per heavy atom. The lowest BCUT2D eigenvalue weighted by atomic mass is 10.0. The molecule has 0 heterocycles. The summed E-state index contributed by atoms with van der Waals surface area (Å²) in [5.74, 6) is -0.872. The van der Waals surface area contributed by atoms with Crippen molar-refractivity contribution >= 4 is 50.7 Å². The quantitative estimate of drug-likeness (QED) is 0.166. The third-order valence-corrected chi connectivity index (χ3v) is 10.0. The average molecular weight is 667 g/mol. The predicted molar refractivity (Wildman–Crippen MR) is 181 cm³/mol. The highest BCUT2D eigenvalue weighted by molar-refractivity contribution is 7.92. The zero-order valence-electron chi connectivity index (χ0n) is 25.5. The Morgan fingerprint density at radius 3 is 2.09 bits per heavy atom. The SMILES string of the molecule is CC[C@@H](C)NC(=O)[C@@H](Cc1ccccc1)N(Cc1cccc(C)c1)C(=O)CN(c1ccc(Cl)c(Cl)c1)S(=O)(=O)c1ccccc1. The molecule has 0 saturated carbocycles. The van der Waals surface area contributed by atoms with Crippen LogP contribution >= 0.6 is 23.2 Å². The first kappa shape index (κ1) is 34.0. The van der Waals surface area contributed by atoms with Crippen molar-refractivity contribution in [3.05, 3.63) is 130 Å². The molecule has 0 saturated heterocycles. The van der Waals surface area contributed by atoms with E-state index in [-0.39, 0.29) is 45.5 Å². The molecule has 0 unspecified atom stereocenters. The van der Waals surface area contributed by atoms with Crippen molar-refractivity contribution in [2.24, 2.45) is 0 Å². The summed E-state index contributed by atoms with van der Waals surface area (Å²) in [5.41, 5.74) is 2.83.